The number of halogens is 3. The second-order valence-corrected chi connectivity index (χ2v) is 12.8. The van der Waals surface area contributed by atoms with Crippen LogP contribution in [-0.4, -0.2) is 124 Å². The van der Waals surface area contributed by atoms with Crippen molar-refractivity contribution in [3.05, 3.63) is 102 Å². The summed E-state index contributed by atoms with van der Waals surface area (Å²) in [6.45, 7) is 0.163. The molecule has 1 aliphatic heterocycles. The minimum atomic E-state index is -5.08. The van der Waals surface area contributed by atoms with E-state index >= 15 is 0 Å². The Balaban J connectivity index is 0.00000102. The van der Waals surface area contributed by atoms with E-state index in [4.69, 9.17) is 15.6 Å². The van der Waals surface area contributed by atoms with E-state index in [1.54, 1.807) is 26.2 Å². The lowest BCUT2D eigenvalue weighted by molar-refractivity contribution is -0.192. The average molecular weight is 758 g/mol. The topological polar surface area (TPSA) is 194 Å². The Morgan fingerprint density at radius 3 is 1.83 bits per heavy atom. The summed E-state index contributed by atoms with van der Waals surface area (Å²) >= 11 is 0. The van der Waals surface area contributed by atoms with E-state index in [-0.39, 0.29) is 50.0 Å². The van der Waals surface area contributed by atoms with E-state index in [9.17, 15) is 42.6 Å². The van der Waals surface area contributed by atoms with Gasteiger partial charge < -0.3 is 41.1 Å². The SMILES string of the molecule is CN(C(=O)[C@H](Cc1ccccc1)N(C)C(=O)[C@@H]1CCCN1C(=O)[C@@H](N)Cc1ccc(O)cc1)[C@@H](Cc1ccccc1)C(=O)NCCO.O=C(O)C(F)(F)F. The molecule has 1 saturated heterocycles. The molecular formula is C38H46F3N5O8. The number of nitrogens with zero attached hydrogens (tertiary/aromatic N) is 3. The van der Waals surface area contributed by atoms with E-state index in [0.29, 0.717) is 19.4 Å². The van der Waals surface area contributed by atoms with Gasteiger partial charge in [-0.1, -0.05) is 72.8 Å². The van der Waals surface area contributed by atoms with Crippen LogP contribution in [0.15, 0.2) is 84.9 Å². The van der Waals surface area contributed by atoms with Crippen molar-refractivity contribution < 1.29 is 52.5 Å². The van der Waals surface area contributed by atoms with Crippen molar-refractivity contribution in [2.24, 2.45) is 5.73 Å². The number of carbonyl (C=O) groups is 5. The quantitative estimate of drug-likeness (QED) is 0.164. The Bertz CT molecular complexity index is 1700. The molecule has 6 N–H and O–H groups in total. The predicted octanol–water partition coefficient (Wildman–Crippen LogP) is 2.13. The first-order valence-corrected chi connectivity index (χ1v) is 17.2. The highest BCUT2D eigenvalue weighted by Gasteiger charge is 2.42. The monoisotopic (exact) mass is 757 g/mol. The summed E-state index contributed by atoms with van der Waals surface area (Å²) in [5, 5.41) is 28.7. The number of phenolic OH excluding ortho intramolecular Hbond substituents is 1. The lowest BCUT2D eigenvalue weighted by Gasteiger charge is -2.37. The lowest BCUT2D eigenvalue weighted by atomic mass is 9.99. The number of aromatic hydroxyl groups is 1. The number of nitrogens with two attached hydrogens (primary N) is 1. The maximum Gasteiger partial charge on any atom is 0.490 e. The van der Waals surface area contributed by atoms with Crippen LogP contribution in [0.25, 0.3) is 0 Å². The van der Waals surface area contributed by atoms with E-state index in [1.807, 2.05) is 60.7 Å². The van der Waals surface area contributed by atoms with Gasteiger partial charge >= 0.3 is 12.1 Å². The normalized spacial score (nSPS) is 15.5. The van der Waals surface area contributed by atoms with Crippen LogP contribution in [-0.2, 0) is 43.2 Å². The van der Waals surface area contributed by atoms with E-state index < -0.39 is 48.1 Å². The zero-order valence-electron chi connectivity index (χ0n) is 30.0. The average Bonchev–Trinajstić information content (AvgIpc) is 3.65. The van der Waals surface area contributed by atoms with Crippen LogP contribution in [0.1, 0.15) is 29.5 Å². The van der Waals surface area contributed by atoms with Crippen LogP contribution in [0.4, 0.5) is 13.2 Å². The van der Waals surface area contributed by atoms with Crippen molar-refractivity contribution >= 4 is 29.6 Å². The number of nitrogens with one attached hydrogen (secondary N) is 1. The second-order valence-electron chi connectivity index (χ2n) is 12.8. The molecule has 1 fully saturated rings. The molecule has 54 heavy (non-hydrogen) atoms. The first-order valence-electron chi connectivity index (χ1n) is 17.2. The third kappa shape index (κ3) is 12.3. The first-order chi connectivity index (χ1) is 25.5. The predicted molar refractivity (Wildman–Crippen MR) is 192 cm³/mol. The third-order valence-corrected chi connectivity index (χ3v) is 8.95. The fourth-order valence-electron chi connectivity index (χ4n) is 6.02. The minimum absolute atomic E-state index is 0.0401. The summed E-state index contributed by atoms with van der Waals surface area (Å²) in [6.07, 6.45) is -3.36. The third-order valence-electron chi connectivity index (χ3n) is 8.95. The summed E-state index contributed by atoms with van der Waals surface area (Å²) in [5.74, 6) is -4.21. The Labute approximate surface area is 311 Å². The smallest absolute Gasteiger partial charge is 0.490 e. The summed E-state index contributed by atoms with van der Waals surface area (Å²) in [5.41, 5.74) is 8.79. The Morgan fingerprint density at radius 1 is 0.833 bits per heavy atom. The van der Waals surface area contributed by atoms with Gasteiger partial charge in [0.05, 0.1) is 12.6 Å². The lowest BCUT2D eigenvalue weighted by Crippen LogP contribution is -2.59. The van der Waals surface area contributed by atoms with Crippen molar-refractivity contribution in [3.63, 3.8) is 0 Å². The van der Waals surface area contributed by atoms with Crippen LogP contribution in [0.2, 0.25) is 0 Å². The molecule has 1 heterocycles. The molecular weight excluding hydrogens is 711 g/mol. The molecule has 4 atom stereocenters. The second kappa shape index (κ2) is 20.1. The number of benzene rings is 3. The highest BCUT2D eigenvalue weighted by atomic mass is 19.4. The molecule has 0 saturated carbocycles. The highest BCUT2D eigenvalue weighted by molar-refractivity contribution is 5.95. The fourth-order valence-corrected chi connectivity index (χ4v) is 6.02. The number of amides is 4. The van der Waals surface area contributed by atoms with Crippen molar-refractivity contribution in [1.29, 1.82) is 0 Å². The largest absolute Gasteiger partial charge is 0.508 e. The summed E-state index contributed by atoms with van der Waals surface area (Å²) in [4.78, 5) is 68.5. The van der Waals surface area contributed by atoms with Crippen LogP contribution in [0.3, 0.4) is 0 Å². The number of aliphatic carboxylic acids is 1. The zero-order chi connectivity index (χ0) is 40.0. The fraction of sp³-hybridized carbons (Fsp3) is 0.395. The van der Waals surface area contributed by atoms with Gasteiger partial charge in [-0.25, -0.2) is 4.79 Å². The van der Waals surface area contributed by atoms with Gasteiger partial charge in [0.1, 0.15) is 23.9 Å². The number of phenols is 1. The zero-order valence-corrected chi connectivity index (χ0v) is 30.0. The highest BCUT2D eigenvalue weighted by Crippen LogP contribution is 2.24. The van der Waals surface area contributed by atoms with Gasteiger partial charge in [0, 0.05) is 40.0 Å². The molecule has 0 bridgehead atoms. The van der Waals surface area contributed by atoms with Gasteiger partial charge in [0.25, 0.3) is 0 Å². The van der Waals surface area contributed by atoms with Crippen molar-refractivity contribution in [2.75, 3.05) is 33.8 Å². The minimum Gasteiger partial charge on any atom is -0.508 e. The summed E-state index contributed by atoms with van der Waals surface area (Å²) in [7, 11) is 3.12. The van der Waals surface area contributed by atoms with E-state index in [0.717, 1.165) is 16.7 Å². The number of hydrogen-bond acceptors (Lipinski definition) is 8. The standard InChI is InChI=1S/C36H45N5O6.C2HF3O2/c1-39(31(33(44)38-19-21-42)23-25-10-5-3-6-11-25)36(47)32(24-26-12-7-4-8-13-26)40(2)35(46)30-14-9-20-41(30)34(45)29(37)22-27-15-17-28(43)18-16-27;3-2(4,5)1(6)7/h3-8,10-13,15-18,29-32,42-43H,9,14,19-24,37H2,1-2H3,(H,38,44);(H,6,7)/t29-,30-,31-,32-;/m0./s1. The Morgan fingerprint density at radius 2 is 1.33 bits per heavy atom. The molecule has 3 aromatic carbocycles. The van der Waals surface area contributed by atoms with Crippen LogP contribution in [0, 0.1) is 0 Å². The van der Waals surface area contributed by atoms with Crippen molar-refractivity contribution in [2.45, 2.75) is 62.4 Å². The van der Waals surface area contributed by atoms with Gasteiger partial charge in [0.15, 0.2) is 0 Å². The molecule has 4 amide bonds. The number of likely N-dealkylation sites (N-methyl/N-ethyl adjacent to an activating group) is 2. The number of carboxylic acids is 1. The number of carbonyl (C=O) groups excluding carboxylic acids is 4. The number of aliphatic hydroxyl groups excluding tert-OH is 1. The molecule has 0 radical (unpaired) electrons. The van der Waals surface area contributed by atoms with Gasteiger partial charge in [-0.2, -0.15) is 13.2 Å². The number of rotatable bonds is 14. The Kier molecular flexibility index (Phi) is 16.0. The summed E-state index contributed by atoms with van der Waals surface area (Å²) in [6, 6.07) is 21.6. The van der Waals surface area contributed by atoms with Crippen LogP contribution >= 0.6 is 0 Å². The maximum atomic E-state index is 14.4. The molecule has 1 aliphatic rings. The number of carboxylic acid groups (broad SMARTS) is 1. The van der Waals surface area contributed by atoms with Gasteiger partial charge in [-0.05, 0) is 48.1 Å². The summed E-state index contributed by atoms with van der Waals surface area (Å²) < 4.78 is 31.7. The van der Waals surface area contributed by atoms with Crippen LogP contribution in [0.5, 0.6) is 5.75 Å². The molecule has 16 heteroatoms. The first kappa shape index (κ1) is 42.9. The molecule has 0 aliphatic carbocycles. The molecule has 0 aromatic heterocycles. The molecule has 292 valence electrons. The molecule has 0 spiro atoms. The molecule has 4 rings (SSSR count). The van der Waals surface area contributed by atoms with Crippen molar-refractivity contribution in [3.8, 4) is 5.75 Å². The number of likely N-dealkylation sites (tertiary alicyclic amines) is 1. The maximum absolute atomic E-state index is 14.4. The molecule has 3 aromatic rings. The number of aliphatic hydroxyl groups is 1. The van der Waals surface area contributed by atoms with Crippen molar-refractivity contribution in [1.82, 2.24) is 20.0 Å². The van der Waals surface area contributed by atoms with Gasteiger partial charge in [0.2, 0.25) is 23.6 Å². The van der Waals surface area contributed by atoms with Gasteiger partial charge in [-0.3, -0.25) is 19.2 Å². The number of alkyl halides is 3. The van der Waals surface area contributed by atoms with E-state index in [1.165, 1.54) is 26.8 Å². The Hall–Kier alpha value is -5.48. The number of hydrogen-bond donors (Lipinski definition) is 5. The van der Waals surface area contributed by atoms with Crippen LogP contribution < -0.4 is 11.1 Å². The molecule has 0 unspecified atom stereocenters. The van der Waals surface area contributed by atoms with Gasteiger partial charge in [-0.15, -0.1) is 0 Å². The molecule has 13 nitrogen and oxygen atoms in total. The van der Waals surface area contributed by atoms with E-state index in [2.05, 4.69) is 5.32 Å².